The molecule has 0 aromatic heterocycles. The molecule has 0 aromatic carbocycles. The molecule has 0 spiro atoms. The van der Waals surface area contributed by atoms with Gasteiger partial charge in [-0.05, 0) is 43.4 Å². The highest BCUT2D eigenvalue weighted by atomic mass is 31.2. The van der Waals surface area contributed by atoms with E-state index in [1.165, 1.54) is 135 Å². The minimum atomic E-state index is -4.95. The van der Waals surface area contributed by atoms with Crippen molar-refractivity contribution in [2.24, 2.45) is 17.8 Å². The number of aliphatic hydroxyl groups is 1. The van der Waals surface area contributed by atoms with E-state index >= 15 is 0 Å². The van der Waals surface area contributed by atoms with Crippen LogP contribution in [0.1, 0.15) is 325 Å². The first-order valence-electron chi connectivity index (χ1n) is 34.4. The first-order chi connectivity index (χ1) is 40.8. The van der Waals surface area contributed by atoms with Gasteiger partial charge in [-0.25, -0.2) is 9.13 Å². The van der Waals surface area contributed by atoms with Crippen LogP contribution in [-0.4, -0.2) is 96.7 Å². The predicted molar refractivity (Wildman–Crippen MR) is 340 cm³/mol. The van der Waals surface area contributed by atoms with Crippen molar-refractivity contribution in [3.63, 3.8) is 0 Å². The van der Waals surface area contributed by atoms with Crippen LogP contribution in [0.25, 0.3) is 0 Å². The summed E-state index contributed by atoms with van der Waals surface area (Å²) in [6.45, 7) is 11.7. The van der Waals surface area contributed by atoms with Gasteiger partial charge in [0, 0.05) is 25.7 Å². The molecular formula is C66H128O17P2. The zero-order valence-corrected chi connectivity index (χ0v) is 56.9. The van der Waals surface area contributed by atoms with Crippen molar-refractivity contribution in [2.45, 2.75) is 343 Å². The zero-order valence-electron chi connectivity index (χ0n) is 55.1. The topological polar surface area (TPSA) is 237 Å². The number of ether oxygens (including phenoxy) is 4. The Morgan fingerprint density at radius 2 is 0.600 bits per heavy atom. The van der Waals surface area contributed by atoms with Gasteiger partial charge in [0.15, 0.2) is 12.2 Å². The number of esters is 4. The summed E-state index contributed by atoms with van der Waals surface area (Å²) in [7, 11) is -9.89. The maximum absolute atomic E-state index is 13.0. The van der Waals surface area contributed by atoms with Gasteiger partial charge < -0.3 is 33.8 Å². The van der Waals surface area contributed by atoms with E-state index in [2.05, 4.69) is 48.5 Å². The van der Waals surface area contributed by atoms with Crippen LogP contribution in [-0.2, 0) is 65.4 Å². The van der Waals surface area contributed by atoms with Crippen molar-refractivity contribution in [2.75, 3.05) is 39.6 Å². The molecule has 0 aliphatic rings. The molecule has 0 radical (unpaired) electrons. The lowest BCUT2D eigenvalue weighted by Gasteiger charge is -2.21. The minimum absolute atomic E-state index is 0.104. The van der Waals surface area contributed by atoms with E-state index in [1.54, 1.807) is 0 Å². The average Bonchev–Trinajstić information content (AvgIpc) is 3.50. The molecule has 17 nitrogen and oxygen atoms in total. The Kier molecular flexibility index (Phi) is 55.9. The first kappa shape index (κ1) is 83.1. The van der Waals surface area contributed by atoms with E-state index in [0.717, 1.165) is 108 Å². The number of phosphoric ester groups is 2. The Bertz CT molecular complexity index is 1680. The molecule has 0 aliphatic carbocycles. The van der Waals surface area contributed by atoms with Gasteiger partial charge in [0.2, 0.25) is 0 Å². The van der Waals surface area contributed by atoms with Crippen LogP contribution in [0.5, 0.6) is 0 Å². The van der Waals surface area contributed by atoms with Crippen molar-refractivity contribution >= 4 is 39.5 Å². The van der Waals surface area contributed by atoms with Gasteiger partial charge in [-0.1, -0.05) is 273 Å². The van der Waals surface area contributed by atoms with Crippen LogP contribution in [0.15, 0.2) is 0 Å². The smallest absolute Gasteiger partial charge is 0.462 e. The number of phosphoric acid groups is 2. The van der Waals surface area contributed by atoms with E-state index in [9.17, 15) is 43.2 Å². The average molecular weight is 1260 g/mol. The molecule has 3 unspecified atom stereocenters. The van der Waals surface area contributed by atoms with Gasteiger partial charge in [0.25, 0.3) is 0 Å². The van der Waals surface area contributed by atoms with E-state index in [0.29, 0.717) is 25.7 Å². The molecule has 0 aliphatic heterocycles. The molecule has 3 N–H and O–H groups in total. The van der Waals surface area contributed by atoms with Crippen molar-refractivity contribution in [3.05, 3.63) is 0 Å². The fourth-order valence-electron chi connectivity index (χ4n) is 9.80. The lowest BCUT2D eigenvalue weighted by atomic mass is 9.99. The predicted octanol–water partition coefficient (Wildman–Crippen LogP) is 18.3. The Morgan fingerprint density at radius 3 is 0.894 bits per heavy atom. The standard InChI is InChI=1S/C66H128O17P2/c1-8-10-11-12-13-16-26-33-40-47-63(68)76-53-62(83-66(71)50-43-36-29-22-20-24-31-38-45-58(5)6)56-81-85(74,75)79-52-60(67)51-78-84(72,73)80-55-61(54-77-64(69)48-41-34-27-21-19-23-30-37-44-57(3)4)82-65(70)49-42-35-28-18-15-14-17-25-32-39-46-59(7)9-2/h57-62,67H,8-56H2,1-7H3,(H,72,73)(H,74,75)/t59?,60-,61-,62-/m1/s1. The number of carbonyl (C=O) groups is 4. The summed E-state index contributed by atoms with van der Waals surface area (Å²) in [6, 6.07) is 0. The third kappa shape index (κ3) is 59.5. The van der Waals surface area contributed by atoms with Gasteiger partial charge in [-0.2, -0.15) is 0 Å². The fraction of sp³-hybridized carbons (Fsp3) is 0.939. The van der Waals surface area contributed by atoms with Crippen LogP contribution in [0.3, 0.4) is 0 Å². The van der Waals surface area contributed by atoms with Crippen LogP contribution in [0.2, 0.25) is 0 Å². The molecule has 0 rings (SSSR count). The quantitative estimate of drug-likeness (QED) is 0.0222. The second-order valence-electron chi connectivity index (χ2n) is 25.1. The largest absolute Gasteiger partial charge is 0.472 e. The van der Waals surface area contributed by atoms with E-state index < -0.39 is 97.5 Å². The normalized spacial score (nSPS) is 14.6. The highest BCUT2D eigenvalue weighted by molar-refractivity contribution is 7.47. The molecule has 0 amide bonds. The van der Waals surface area contributed by atoms with E-state index in [1.807, 2.05) is 0 Å². The Hall–Kier alpha value is -1.94. The Balaban J connectivity index is 5.25. The number of hydrogen-bond donors (Lipinski definition) is 3. The summed E-state index contributed by atoms with van der Waals surface area (Å²) in [5, 5.41) is 10.5. The number of unbranched alkanes of at least 4 members (excludes halogenated alkanes) is 31. The third-order valence-corrected chi connectivity index (χ3v) is 17.4. The number of rotatable bonds is 64. The van der Waals surface area contributed by atoms with Crippen molar-refractivity contribution in [3.8, 4) is 0 Å². The van der Waals surface area contributed by atoms with Gasteiger partial charge in [0.05, 0.1) is 26.4 Å². The van der Waals surface area contributed by atoms with Crippen LogP contribution >= 0.6 is 15.6 Å². The second-order valence-corrected chi connectivity index (χ2v) is 28.0. The third-order valence-electron chi connectivity index (χ3n) is 15.5. The summed E-state index contributed by atoms with van der Waals surface area (Å²) in [5.41, 5.74) is 0. The van der Waals surface area contributed by atoms with Gasteiger partial charge in [0.1, 0.15) is 19.3 Å². The Morgan fingerprint density at radius 1 is 0.341 bits per heavy atom. The molecule has 504 valence electrons. The van der Waals surface area contributed by atoms with Crippen molar-refractivity contribution < 1.29 is 80.2 Å². The van der Waals surface area contributed by atoms with Crippen LogP contribution in [0.4, 0.5) is 0 Å². The number of hydrogen-bond acceptors (Lipinski definition) is 15. The maximum Gasteiger partial charge on any atom is 0.472 e. The molecule has 0 saturated heterocycles. The highest BCUT2D eigenvalue weighted by Crippen LogP contribution is 2.45. The minimum Gasteiger partial charge on any atom is -0.462 e. The van der Waals surface area contributed by atoms with E-state index in [-0.39, 0.29) is 25.7 Å². The second kappa shape index (κ2) is 57.2. The lowest BCUT2D eigenvalue weighted by molar-refractivity contribution is -0.161. The van der Waals surface area contributed by atoms with Gasteiger partial charge in [-0.3, -0.25) is 37.3 Å². The van der Waals surface area contributed by atoms with Crippen molar-refractivity contribution in [1.82, 2.24) is 0 Å². The SMILES string of the molecule is CCCCCCCCCCCC(=O)OC[C@H](COP(=O)(O)OC[C@H](O)COP(=O)(O)OC[C@@H](COC(=O)CCCCCCCCCCC(C)C)OC(=O)CCCCCCCCCCCCC(C)CC)OC(=O)CCCCCCCCCCC(C)C. The number of carbonyl (C=O) groups excluding carboxylic acids is 4. The first-order valence-corrected chi connectivity index (χ1v) is 37.4. The monoisotopic (exact) mass is 1250 g/mol. The fourth-order valence-corrected chi connectivity index (χ4v) is 11.4. The van der Waals surface area contributed by atoms with E-state index in [4.69, 9.17) is 37.0 Å². The maximum atomic E-state index is 13.0. The van der Waals surface area contributed by atoms with Crippen LogP contribution < -0.4 is 0 Å². The molecule has 0 heterocycles. The molecule has 85 heavy (non-hydrogen) atoms. The summed E-state index contributed by atoms with van der Waals surface area (Å²) in [4.78, 5) is 72.3. The number of aliphatic hydroxyl groups excluding tert-OH is 1. The highest BCUT2D eigenvalue weighted by Gasteiger charge is 2.30. The van der Waals surface area contributed by atoms with Gasteiger partial charge >= 0.3 is 39.5 Å². The zero-order chi connectivity index (χ0) is 63.1. The molecule has 19 heteroatoms. The molecule has 0 bridgehead atoms. The summed E-state index contributed by atoms with van der Waals surface area (Å²) >= 11 is 0. The summed E-state index contributed by atoms with van der Waals surface area (Å²) in [5.74, 6) is 0.113. The Labute approximate surface area is 517 Å². The molecule has 0 fully saturated rings. The van der Waals surface area contributed by atoms with Crippen LogP contribution in [0, 0.1) is 17.8 Å². The summed E-state index contributed by atoms with van der Waals surface area (Å²) < 4.78 is 68.1. The molecule has 0 saturated carbocycles. The van der Waals surface area contributed by atoms with Crippen molar-refractivity contribution in [1.29, 1.82) is 0 Å². The molecule has 0 aromatic rings. The summed E-state index contributed by atoms with van der Waals surface area (Å²) in [6.07, 6.45) is 38.9. The lowest BCUT2D eigenvalue weighted by Crippen LogP contribution is -2.30. The molecular weight excluding hydrogens is 1130 g/mol. The molecule has 6 atom stereocenters. The van der Waals surface area contributed by atoms with Gasteiger partial charge in [-0.15, -0.1) is 0 Å².